The summed E-state index contributed by atoms with van der Waals surface area (Å²) in [6, 6.07) is 7.89. The highest BCUT2D eigenvalue weighted by Gasteiger charge is 2.19. The summed E-state index contributed by atoms with van der Waals surface area (Å²) in [5.74, 6) is 0.979. The number of piperazine rings is 1. The molecule has 1 aliphatic heterocycles. The molecule has 3 heterocycles. The van der Waals surface area contributed by atoms with Gasteiger partial charge in [0.2, 0.25) is 11.8 Å². The monoisotopic (exact) mass is 340 g/mol. The van der Waals surface area contributed by atoms with Crippen LogP contribution in [0.2, 0.25) is 0 Å². The molecule has 1 saturated heterocycles. The molecule has 8 nitrogen and oxygen atoms in total. The summed E-state index contributed by atoms with van der Waals surface area (Å²) in [6.07, 6.45) is 3.51. The summed E-state index contributed by atoms with van der Waals surface area (Å²) in [7, 11) is 0. The molecule has 0 atom stereocenters. The maximum atomic E-state index is 13.0. The lowest BCUT2D eigenvalue weighted by Gasteiger charge is -2.33. The Morgan fingerprint density at radius 3 is 2.40 bits per heavy atom. The fraction of sp³-hybridized carbons (Fsp3) is 0.312. The summed E-state index contributed by atoms with van der Waals surface area (Å²) < 4.78 is 13.0. The van der Waals surface area contributed by atoms with Gasteiger partial charge in [-0.25, -0.2) is 14.4 Å². The Morgan fingerprint density at radius 2 is 1.68 bits per heavy atom. The van der Waals surface area contributed by atoms with Crippen molar-refractivity contribution in [3.63, 3.8) is 0 Å². The molecule has 1 aromatic carbocycles. The normalized spacial score (nSPS) is 15.5. The SMILES string of the molecule is Fc1ccc(-c2nnn(CN3CCN(c4ncccn4)CC3)n2)cc1. The summed E-state index contributed by atoms with van der Waals surface area (Å²) in [5.41, 5.74) is 0.749. The molecule has 1 fully saturated rings. The van der Waals surface area contributed by atoms with Crippen molar-refractivity contribution in [3.05, 3.63) is 48.5 Å². The zero-order chi connectivity index (χ0) is 17.1. The van der Waals surface area contributed by atoms with E-state index in [1.165, 1.54) is 12.1 Å². The van der Waals surface area contributed by atoms with Gasteiger partial charge in [-0.1, -0.05) is 0 Å². The third-order valence-electron chi connectivity index (χ3n) is 4.09. The molecule has 0 unspecified atom stereocenters. The molecular weight excluding hydrogens is 323 g/mol. The van der Waals surface area contributed by atoms with Gasteiger partial charge in [-0.15, -0.1) is 15.0 Å². The molecular formula is C16H17FN8. The zero-order valence-corrected chi connectivity index (χ0v) is 13.5. The van der Waals surface area contributed by atoms with Gasteiger partial charge in [-0.2, -0.15) is 0 Å². The lowest BCUT2D eigenvalue weighted by atomic mass is 10.2. The quantitative estimate of drug-likeness (QED) is 0.702. The molecule has 0 amide bonds. The summed E-state index contributed by atoms with van der Waals surface area (Å²) in [5, 5.41) is 12.5. The molecule has 128 valence electrons. The molecule has 0 bridgehead atoms. The second-order valence-electron chi connectivity index (χ2n) is 5.79. The average Bonchev–Trinajstić information content (AvgIpc) is 3.12. The van der Waals surface area contributed by atoms with E-state index in [4.69, 9.17) is 0 Å². The smallest absolute Gasteiger partial charge is 0.225 e. The Balaban J connectivity index is 1.35. The number of hydrogen-bond acceptors (Lipinski definition) is 7. The van der Waals surface area contributed by atoms with E-state index < -0.39 is 0 Å². The highest BCUT2D eigenvalue weighted by Crippen LogP contribution is 2.14. The van der Waals surface area contributed by atoms with Crippen molar-refractivity contribution < 1.29 is 4.39 Å². The first-order chi connectivity index (χ1) is 12.3. The summed E-state index contributed by atoms with van der Waals surface area (Å²) in [4.78, 5) is 14.5. The van der Waals surface area contributed by atoms with Gasteiger partial charge < -0.3 is 4.90 Å². The van der Waals surface area contributed by atoms with Crippen LogP contribution >= 0.6 is 0 Å². The van der Waals surface area contributed by atoms with Crippen LogP contribution in [0.3, 0.4) is 0 Å². The van der Waals surface area contributed by atoms with Crippen molar-refractivity contribution >= 4 is 5.95 Å². The number of benzene rings is 1. The van der Waals surface area contributed by atoms with Crippen LogP contribution in [0, 0.1) is 5.82 Å². The number of halogens is 1. The van der Waals surface area contributed by atoms with E-state index in [9.17, 15) is 4.39 Å². The Kier molecular flexibility index (Phi) is 4.30. The third kappa shape index (κ3) is 3.61. The topological polar surface area (TPSA) is 75.9 Å². The van der Waals surface area contributed by atoms with Crippen molar-refractivity contribution in [2.45, 2.75) is 6.67 Å². The molecule has 4 rings (SSSR count). The number of aromatic nitrogens is 6. The van der Waals surface area contributed by atoms with Crippen LogP contribution in [0.15, 0.2) is 42.7 Å². The van der Waals surface area contributed by atoms with Gasteiger partial charge in [0, 0.05) is 44.1 Å². The maximum absolute atomic E-state index is 13.0. The summed E-state index contributed by atoms with van der Waals surface area (Å²) >= 11 is 0. The van der Waals surface area contributed by atoms with Gasteiger partial charge >= 0.3 is 0 Å². The van der Waals surface area contributed by atoms with Gasteiger partial charge in [0.15, 0.2) is 0 Å². The van der Waals surface area contributed by atoms with Gasteiger partial charge in [0.05, 0.1) is 0 Å². The Labute approximate surface area is 143 Å². The van der Waals surface area contributed by atoms with E-state index in [0.717, 1.165) is 37.7 Å². The predicted molar refractivity (Wildman–Crippen MR) is 89.0 cm³/mol. The highest BCUT2D eigenvalue weighted by atomic mass is 19.1. The van der Waals surface area contributed by atoms with Crippen LogP contribution in [0.5, 0.6) is 0 Å². The fourth-order valence-corrected chi connectivity index (χ4v) is 2.74. The van der Waals surface area contributed by atoms with Gasteiger partial charge in [0.25, 0.3) is 0 Å². The van der Waals surface area contributed by atoms with Crippen LogP contribution in [0.1, 0.15) is 0 Å². The molecule has 0 aliphatic carbocycles. The van der Waals surface area contributed by atoms with E-state index in [-0.39, 0.29) is 5.82 Å². The van der Waals surface area contributed by atoms with Crippen LogP contribution in [-0.2, 0) is 6.67 Å². The van der Waals surface area contributed by atoms with E-state index in [1.807, 2.05) is 6.07 Å². The predicted octanol–water partition coefficient (Wildman–Crippen LogP) is 1.05. The van der Waals surface area contributed by atoms with E-state index >= 15 is 0 Å². The van der Waals surface area contributed by atoms with Gasteiger partial charge in [0.1, 0.15) is 12.5 Å². The molecule has 3 aromatic rings. The van der Waals surface area contributed by atoms with Gasteiger partial charge in [-0.3, -0.25) is 4.90 Å². The highest BCUT2D eigenvalue weighted by molar-refractivity contribution is 5.53. The minimum absolute atomic E-state index is 0.281. The van der Waals surface area contributed by atoms with Gasteiger partial charge in [-0.05, 0) is 35.5 Å². The molecule has 9 heteroatoms. The molecule has 2 aromatic heterocycles. The molecule has 25 heavy (non-hydrogen) atoms. The summed E-state index contributed by atoms with van der Waals surface area (Å²) in [6.45, 7) is 4.00. The van der Waals surface area contributed by atoms with Crippen molar-refractivity contribution in [2.75, 3.05) is 31.1 Å². The Hall–Kier alpha value is -2.94. The standard InChI is InChI=1S/C16H17FN8/c17-14-4-2-13(3-5-14)15-20-22-25(21-15)12-23-8-10-24(11-9-23)16-18-6-1-7-19-16/h1-7H,8-12H2. The van der Waals surface area contributed by atoms with E-state index in [1.54, 1.807) is 29.3 Å². The van der Waals surface area contributed by atoms with Crippen molar-refractivity contribution in [1.82, 2.24) is 35.1 Å². The number of nitrogens with zero attached hydrogens (tertiary/aromatic N) is 8. The first-order valence-electron chi connectivity index (χ1n) is 8.06. The maximum Gasteiger partial charge on any atom is 0.225 e. The fourth-order valence-electron chi connectivity index (χ4n) is 2.74. The van der Waals surface area contributed by atoms with Crippen LogP contribution < -0.4 is 4.90 Å². The molecule has 0 radical (unpaired) electrons. The van der Waals surface area contributed by atoms with Crippen molar-refractivity contribution in [3.8, 4) is 11.4 Å². The van der Waals surface area contributed by atoms with Crippen LogP contribution in [-0.4, -0.2) is 61.3 Å². The van der Waals surface area contributed by atoms with Crippen molar-refractivity contribution in [2.24, 2.45) is 0 Å². The number of tetrazole rings is 1. The molecule has 0 N–H and O–H groups in total. The average molecular weight is 340 g/mol. The molecule has 0 spiro atoms. The van der Waals surface area contributed by atoms with Crippen molar-refractivity contribution in [1.29, 1.82) is 0 Å². The minimum atomic E-state index is -0.281. The lowest BCUT2D eigenvalue weighted by molar-refractivity contribution is 0.181. The number of anilines is 1. The second-order valence-corrected chi connectivity index (χ2v) is 5.79. The molecule has 0 saturated carbocycles. The first-order valence-corrected chi connectivity index (χ1v) is 8.06. The lowest BCUT2D eigenvalue weighted by Crippen LogP contribution is -2.47. The molecule has 1 aliphatic rings. The largest absolute Gasteiger partial charge is 0.338 e. The zero-order valence-electron chi connectivity index (χ0n) is 13.5. The van der Waals surface area contributed by atoms with Crippen LogP contribution in [0.4, 0.5) is 10.3 Å². The number of hydrogen-bond donors (Lipinski definition) is 0. The minimum Gasteiger partial charge on any atom is -0.338 e. The van der Waals surface area contributed by atoms with Crippen LogP contribution in [0.25, 0.3) is 11.4 Å². The first kappa shape index (κ1) is 15.6. The second kappa shape index (κ2) is 6.89. The van der Waals surface area contributed by atoms with E-state index in [0.29, 0.717) is 12.5 Å². The third-order valence-corrected chi connectivity index (χ3v) is 4.09. The Morgan fingerprint density at radius 1 is 0.960 bits per heavy atom. The number of rotatable bonds is 4. The van der Waals surface area contributed by atoms with E-state index in [2.05, 4.69) is 35.2 Å². The Bertz CT molecular complexity index is 812.